The van der Waals surface area contributed by atoms with E-state index in [0.29, 0.717) is 0 Å². The summed E-state index contributed by atoms with van der Waals surface area (Å²) in [6, 6.07) is 0. The first-order chi connectivity index (χ1) is 7.20. The maximum Gasteiger partial charge on any atom is 0.267 e. The molecule has 0 aliphatic carbocycles. The second-order valence-electron chi connectivity index (χ2n) is 4.11. The number of nitrogens with one attached hydrogen (secondary N) is 1. The van der Waals surface area contributed by atoms with Gasteiger partial charge >= 0.3 is 0 Å². The molecule has 15 heavy (non-hydrogen) atoms. The van der Waals surface area contributed by atoms with Crippen LogP contribution in [0.4, 0.5) is 0 Å². The van der Waals surface area contributed by atoms with Gasteiger partial charge in [0.2, 0.25) is 0 Å². The van der Waals surface area contributed by atoms with E-state index in [9.17, 15) is 4.79 Å². The van der Waals surface area contributed by atoms with Crippen LogP contribution in [-0.4, -0.2) is 9.78 Å². The monoisotopic (exact) mass is 210 g/mol. The average Bonchev–Trinajstić information content (AvgIpc) is 2.49. The van der Waals surface area contributed by atoms with Gasteiger partial charge in [-0.2, -0.15) is 0 Å². The lowest BCUT2D eigenvalue weighted by atomic mass is 10.1. The van der Waals surface area contributed by atoms with Gasteiger partial charge in [-0.1, -0.05) is 26.7 Å². The van der Waals surface area contributed by atoms with Crippen LogP contribution in [0.25, 0.3) is 0 Å². The first kappa shape index (κ1) is 12.1. The van der Waals surface area contributed by atoms with Gasteiger partial charge in [-0.3, -0.25) is 14.6 Å². The van der Waals surface area contributed by atoms with Crippen molar-refractivity contribution in [3.63, 3.8) is 0 Å². The van der Waals surface area contributed by atoms with Crippen LogP contribution < -0.4 is 5.56 Å². The van der Waals surface area contributed by atoms with Crippen LogP contribution in [0, 0.1) is 6.92 Å². The van der Waals surface area contributed by atoms with Gasteiger partial charge in [-0.25, -0.2) is 0 Å². The number of hydrogen-bond acceptors (Lipinski definition) is 1. The van der Waals surface area contributed by atoms with E-state index in [-0.39, 0.29) is 5.56 Å². The summed E-state index contributed by atoms with van der Waals surface area (Å²) in [6.07, 6.45) is 5.43. The molecule has 1 N–H and O–H groups in total. The number of aromatic amines is 1. The zero-order chi connectivity index (χ0) is 11.3. The van der Waals surface area contributed by atoms with Crippen molar-refractivity contribution in [3.8, 4) is 0 Å². The van der Waals surface area contributed by atoms with Crippen LogP contribution in [0.1, 0.15) is 50.8 Å². The van der Waals surface area contributed by atoms with Crippen LogP contribution >= 0.6 is 0 Å². The summed E-state index contributed by atoms with van der Waals surface area (Å²) >= 11 is 0. The highest BCUT2D eigenvalue weighted by atomic mass is 16.1. The number of nitrogens with zero attached hydrogens (tertiary/aromatic N) is 1. The number of unbranched alkanes of at least 4 members (excludes halogenated alkanes) is 2. The first-order valence-corrected chi connectivity index (χ1v) is 5.99. The summed E-state index contributed by atoms with van der Waals surface area (Å²) in [5, 5.41) is 2.92. The van der Waals surface area contributed by atoms with Crippen molar-refractivity contribution in [1.82, 2.24) is 9.78 Å². The molecule has 1 aromatic rings. The van der Waals surface area contributed by atoms with E-state index in [1.165, 1.54) is 0 Å². The van der Waals surface area contributed by atoms with Gasteiger partial charge < -0.3 is 0 Å². The Labute approximate surface area is 91.5 Å². The van der Waals surface area contributed by atoms with E-state index in [1.807, 2.05) is 11.6 Å². The minimum Gasteiger partial charge on any atom is -0.289 e. The number of hydrogen-bond donors (Lipinski definition) is 1. The highest BCUT2D eigenvalue weighted by molar-refractivity contribution is 5.16. The third kappa shape index (κ3) is 2.98. The van der Waals surface area contributed by atoms with E-state index in [4.69, 9.17) is 0 Å². The van der Waals surface area contributed by atoms with Crippen LogP contribution in [0.15, 0.2) is 4.79 Å². The van der Waals surface area contributed by atoms with Crippen molar-refractivity contribution in [2.75, 3.05) is 0 Å². The Kier molecular flexibility index (Phi) is 4.66. The van der Waals surface area contributed by atoms with E-state index >= 15 is 0 Å². The molecule has 0 aliphatic heterocycles. The molecule has 3 heteroatoms. The molecule has 0 aromatic carbocycles. The molecular formula is C12H22N2O. The highest BCUT2D eigenvalue weighted by Crippen LogP contribution is 2.07. The fourth-order valence-electron chi connectivity index (χ4n) is 1.79. The molecule has 1 aromatic heterocycles. The minimum atomic E-state index is 0.108. The molecule has 86 valence electrons. The number of rotatable bonds is 6. The molecule has 3 nitrogen and oxygen atoms in total. The lowest BCUT2D eigenvalue weighted by Crippen LogP contribution is -2.08. The Hall–Kier alpha value is -0.990. The van der Waals surface area contributed by atoms with Crippen molar-refractivity contribution in [1.29, 1.82) is 0 Å². The Morgan fingerprint density at radius 3 is 2.47 bits per heavy atom. The quantitative estimate of drug-likeness (QED) is 0.770. The Bertz CT molecular complexity index is 349. The smallest absolute Gasteiger partial charge is 0.267 e. The molecule has 0 radical (unpaired) electrons. The summed E-state index contributed by atoms with van der Waals surface area (Å²) in [4.78, 5) is 11.7. The zero-order valence-electron chi connectivity index (χ0n) is 10.1. The predicted molar refractivity (Wildman–Crippen MR) is 63.3 cm³/mol. The Morgan fingerprint density at radius 2 is 1.87 bits per heavy atom. The molecule has 0 spiro atoms. The minimum absolute atomic E-state index is 0.108. The van der Waals surface area contributed by atoms with Crippen LogP contribution in [-0.2, 0) is 13.0 Å². The second-order valence-corrected chi connectivity index (χ2v) is 4.11. The molecule has 0 fully saturated rings. The molecule has 1 rings (SSSR count). The Balaban J connectivity index is 2.78. The molecule has 0 bridgehead atoms. The maximum atomic E-state index is 11.7. The summed E-state index contributed by atoms with van der Waals surface area (Å²) in [7, 11) is 0. The predicted octanol–water partition coefficient (Wildman–Crippen LogP) is 2.63. The van der Waals surface area contributed by atoms with E-state index in [0.717, 1.165) is 49.9 Å². The molecule has 0 atom stereocenters. The lowest BCUT2D eigenvalue weighted by Gasteiger charge is -2.04. The van der Waals surface area contributed by atoms with Crippen molar-refractivity contribution >= 4 is 0 Å². The van der Waals surface area contributed by atoms with E-state index in [1.54, 1.807) is 0 Å². The topological polar surface area (TPSA) is 37.8 Å². The first-order valence-electron chi connectivity index (χ1n) is 5.99. The van der Waals surface area contributed by atoms with Crippen molar-refractivity contribution in [2.45, 2.75) is 59.4 Å². The normalized spacial score (nSPS) is 10.9. The highest BCUT2D eigenvalue weighted by Gasteiger charge is 2.09. The van der Waals surface area contributed by atoms with Gasteiger partial charge in [0.05, 0.1) is 0 Å². The van der Waals surface area contributed by atoms with E-state index < -0.39 is 0 Å². The molecule has 0 saturated heterocycles. The third-order valence-corrected chi connectivity index (χ3v) is 2.87. The van der Waals surface area contributed by atoms with Gasteiger partial charge in [0, 0.05) is 17.8 Å². The summed E-state index contributed by atoms with van der Waals surface area (Å²) in [5.74, 6) is 0. The molecular weight excluding hydrogens is 188 g/mol. The largest absolute Gasteiger partial charge is 0.289 e. The average molecular weight is 210 g/mol. The number of aryl methyl sites for hydroxylation is 1. The van der Waals surface area contributed by atoms with Crippen molar-refractivity contribution in [3.05, 3.63) is 21.6 Å². The van der Waals surface area contributed by atoms with Gasteiger partial charge in [-0.15, -0.1) is 0 Å². The van der Waals surface area contributed by atoms with Crippen LogP contribution in [0.3, 0.4) is 0 Å². The lowest BCUT2D eigenvalue weighted by molar-refractivity contribution is 0.554. The third-order valence-electron chi connectivity index (χ3n) is 2.87. The fourth-order valence-corrected chi connectivity index (χ4v) is 1.79. The van der Waals surface area contributed by atoms with Gasteiger partial charge in [0.15, 0.2) is 0 Å². The van der Waals surface area contributed by atoms with Crippen molar-refractivity contribution in [2.24, 2.45) is 0 Å². The number of aromatic nitrogens is 2. The number of H-pyrrole nitrogens is 1. The maximum absolute atomic E-state index is 11.7. The Morgan fingerprint density at radius 1 is 1.20 bits per heavy atom. The summed E-state index contributed by atoms with van der Waals surface area (Å²) in [5.41, 5.74) is 2.21. The van der Waals surface area contributed by atoms with Crippen LogP contribution in [0.5, 0.6) is 0 Å². The molecule has 0 aliphatic rings. The summed E-state index contributed by atoms with van der Waals surface area (Å²) < 4.78 is 2.00. The standard InChI is InChI=1S/C12H22N2O/c1-4-6-8-11-10(3)14(9-7-5-2)13-12(11)15/h4-9H2,1-3H3,(H,13,15). The van der Waals surface area contributed by atoms with Gasteiger partial charge in [0.25, 0.3) is 5.56 Å². The molecule has 0 saturated carbocycles. The molecule has 0 amide bonds. The van der Waals surface area contributed by atoms with E-state index in [2.05, 4.69) is 18.9 Å². The molecule has 0 unspecified atom stereocenters. The van der Waals surface area contributed by atoms with Crippen molar-refractivity contribution < 1.29 is 0 Å². The van der Waals surface area contributed by atoms with Gasteiger partial charge in [0.1, 0.15) is 0 Å². The second kappa shape index (κ2) is 5.79. The SMILES string of the molecule is CCCCc1c(C)n(CCCC)[nH]c1=O. The zero-order valence-corrected chi connectivity index (χ0v) is 10.1. The van der Waals surface area contributed by atoms with Gasteiger partial charge in [-0.05, 0) is 26.2 Å². The molecule has 1 heterocycles. The fraction of sp³-hybridized carbons (Fsp3) is 0.750. The summed E-state index contributed by atoms with van der Waals surface area (Å²) in [6.45, 7) is 7.29. The van der Waals surface area contributed by atoms with Crippen LogP contribution in [0.2, 0.25) is 0 Å².